The fourth-order valence-electron chi connectivity index (χ4n) is 3.19. The topological polar surface area (TPSA) is 79.5 Å². The number of aromatic amines is 1. The molecule has 0 spiro atoms. The number of nitrogens with one attached hydrogen (secondary N) is 2. The van der Waals surface area contributed by atoms with Crippen molar-refractivity contribution in [3.63, 3.8) is 0 Å². The van der Waals surface area contributed by atoms with Gasteiger partial charge in [0.1, 0.15) is 5.75 Å². The Morgan fingerprint density at radius 1 is 1.41 bits per heavy atom. The predicted octanol–water partition coefficient (Wildman–Crippen LogP) is 2.65. The van der Waals surface area contributed by atoms with Crippen molar-refractivity contribution in [3.8, 4) is 5.75 Å². The molecule has 8 heteroatoms. The molecular weight excluding hydrogens is 364 g/mol. The number of carbonyl (C=O) groups excluding carboxylic acids is 1. The largest absolute Gasteiger partial charge is 0.497 e. The maximum atomic E-state index is 12.5. The molecule has 142 valence electrons. The molecule has 0 saturated carbocycles. The second-order valence-electron chi connectivity index (χ2n) is 6.48. The zero-order valence-electron chi connectivity index (χ0n) is 15.2. The summed E-state index contributed by atoms with van der Waals surface area (Å²) in [5, 5.41) is 6.55. The fourth-order valence-corrected chi connectivity index (χ4v) is 3.91. The van der Waals surface area contributed by atoms with Gasteiger partial charge in [-0.05, 0) is 23.8 Å². The number of amides is 1. The Balaban J connectivity index is 1.38. The molecule has 0 radical (unpaired) electrons. The van der Waals surface area contributed by atoms with Gasteiger partial charge in [-0.1, -0.05) is 0 Å². The molecule has 0 unspecified atom stereocenters. The summed E-state index contributed by atoms with van der Waals surface area (Å²) < 4.78 is 10.6. The van der Waals surface area contributed by atoms with E-state index in [1.807, 2.05) is 29.8 Å². The standard InChI is InChI=1S/C19H22N4O3S/c1-25-15-2-3-17-16(9-15)13(10-20-17)8-18(24)22-19-21-14(12-27-19)11-23-4-6-26-7-5-23/h2-3,9-10,12,20H,4-8,11H2,1H3,(H,21,22,24). The first-order valence-corrected chi connectivity index (χ1v) is 9.77. The van der Waals surface area contributed by atoms with Crippen LogP contribution in [0.25, 0.3) is 10.9 Å². The number of hydrogen-bond donors (Lipinski definition) is 2. The number of H-pyrrole nitrogens is 1. The van der Waals surface area contributed by atoms with Crippen molar-refractivity contribution in [2.45, 2.75) is 13.0 Å². The van der Waals surface area contributed by atoms with Crippen molar-refractivity contribution < 1.29 is 14.3 Å². The van der Waals surface area contributed by atoms with Gasteiger partial charge in [0, 0.05) is 42.1 Å². The molecule has 1 aliphatic rings. The van der Waals surface area contributed by atoms with Gasteiger partial charge in [0.25, 0.3) is 0 Å². The molecule has 3 heterocycles. The quantitative estimate of drug-likeness (QED) is 0.681. The summed E-state index contributed by atoms with van der Waals surface area (Å²) in [5.74, 6) is 0.697. The number of benzene rings is 1. The van der Waals surface area contributed by atoms with Gasteiger partial charge in [-0.2, -0.15) is 0 Å². The molecule has 1 saturated heterocycles. The van der Waals surface area contributed by atoms with E-state index in [-0.39, 0.29) is 12.3 Å². The van der Waals surface area contributed by atoms with Gasteiger partial charge < -0.3 is 19.8 Å². The summed E-state index contributed by atoms with van der Waals surface area (Å²) in [4.78, 5) is 22.5. The summed E-state index contributed by atoms with van der Waals surface area (Å²) in [7, 11) is 1.64. The van der Waals surface area contributed by atoms with Crippen LogP contribution in [0.2, 0.25) is 0 Å². The van der Waals surface area contributed by atoms with Crippen LogP contribution >= 0.6 is 11.3 Å². The molecule has 1 aliphatic heterocycles. The van der Waals surface area contributed by atoms with Crippen molar-refractivity contribution in [1.29, 1.82) is 0 Å². The van der Waals surface area contributed by atoms with Crippen LogP contribution in [0.4, 0.5) is 5.13 Å². The molecule has 7 nitrogen and oxygen atoms in total. The van der Waals surface area contributed by atoms with Gasteiger partial charge in [0.05, 0.1) is 32.4 Å². The normalized spacial score (nSPS) is 15.1. The summed E-state index contributed by atoms with van der Waals surface area (Å²) in [5.41, 5.74) is 2.90. The Morgan fingerprint density at radius 3 is 3.07 bits per heavy atom. The number of ether oxygens (including phenoxy) is 2. The van der Waals surface area contributed by atoms with Crippen LogP contribution < -0.4 is 10.1 Å². The molecule has 27 heavy (non-hydrogen) atoms. The lowest BCUT2D eigenvalue weighted by Gasteiger charge is -2.25. The molecule has 3 aromatic rings. The molecule has 1 amide bonds. The highest BCUT2D eigenvalue weighted by molar-refractivity contribution is 7.13. The van der Waals surface area contributed by atoms with E-state index >= 15 is 0 Å². The smallest absolute Gasteiger partial charge is 0.230 e. The number of carbonyl (C=O) groups is 1. The Morgan fingerprint density at radius 2 is 2.26 bits per heavy atom. The van der Waals surface area contributed by atoms with Crippen LogP contribution in [0.3, 0.4) is 0 Å². The highest BCUT2D eigenvalue weighted by atomic mass is 32.1. The SMILES string of the molecule is COc1ccc2[nH]cc(CC(=O)Nc3nc(CN4CCOCC4)cs3)c2c1. The lowest BCUT2D eigenvalue weighted by Crippen LogP contribution is -2.35. The minimum absolute atomic E-state index is 0.0778. The molecule has 1 fully saturated rings. The van der Waals surface area contributed by atoms with Gasteiger partial charge >= 0.3 is 0 Å². The molecule has 0 bridgehead atoms. The van der Waals surface area contributed by atoms with Crippen molar-refractivity contribution in [1.82, 2.24) is 14.9 Å². The van der Waals surface area contributed by atoms with Gasteiger partial charge in [-0.15, -0.1) is 11.3 Å². The van der Waals surface area contributed by atoms with E-state index in [2.05, 4.69) is 20.2 Å². The zero-order chi connectivity index (χ0) is 18.6. The lowest BCUT2D eigenvalue weighted by molar-refractivity contribution is -0.115. The molecular formula is C19H22N4O3S. The summed E-state index contributed by atoms with van der Waals surface area (Å²) in [6.07, 6.45) is 2.15. The Kier molecular flexibility index (Phi) is 5.38. The number of anilines is 1. The van der Waals surface area contributed by atoms with E-state index in [4.69, 9.17) is 9.47 Å². The second kappa shape index (κ2) is 8.08. The van der Waals surface area contributed by atoms with Crippen LogP contribution in [0, 0.1) is 0 Å². The summed E-state index contributed by atoms with van der Waals surface area (Å²) >= 11 is 1.46. The zero-order valence-corrected chi connectivity index (χ0v) is 16.0. The van der Waals surface area contributed by atoms with Crippen molar-refractivity contribution >= 4 is 33.3 Å². The molecule has 0 atom stereocenters. The van der Waals surface area contributed by atoms with Gasteiger partial charge in [-0.25, -0.2) is 4.98 Å². The maximum absolute atomic E-state index is 12.5. The number of nitrogens with zero attached hydrogens (tertiary/aromatic N) is 2. The van der Waals surface area contributed by atoms with E-state index in [0.717, 1.165) is 60.8 Å². The van der Waals surface area contributed by atoms with E-state index in [0.29, 0.717) is 5.13 Å². The fraction of sp³-hybridized carbons (Fsp3) is 0.368. The molecule has 4 rings (SSSR count). The number of rotatable bonds is 6. The highest BCUT2D eigenvalue weighted by Gasteiger charge is 2.14. The number of hydrogen-bond acceptors (Lipinski definition) is 6. The highest BCUT2D eigenvalue weighted by Crippen LogP contribution is 2.24. The minimum atomic E-state index is -0.0778. The van der Waals surface area contributed by atoms with Crippen LogP contribution in [0.1, 0.15) is 11.3 Å². The second-order valence-corrected chi connectivity index (χ2v) is 7.34. The Bertz CT molecular complexity index is 930. The Labute approximate surface area is 161 Å². The minimum Gasteiger partial charge on any atom is -0.497 e. The van der Waals surface area contributed by atoms with Gasteiger partial charge in [0.2, 0.25) is 5.91 Å². The van der Waals surface area contributed by atoms with Crippen molar-refractivity contribution in [2.75, 3.05) is 38.7 Å². The number of morpholine rings is 1. The maximum Gasteiger partial charge on any atom is 0.230 e. The number of methoxy groups -OCH3 is 1. The van der Waals surface area contributed by atoms with Crippen LogP contribution in [-0.4, -0.2) is 54.2 Å². The number of thiazole rings is 1. The van der Waals surface area contributed by atoms with Crippen LogP contribution in [0.5, 0.6) is 5.75 Å². The van der Waals surface area contributed by atoms with E-state index in [1.165, 1.54) is 11.3 Å². The number of fused-ring (bicyclic) bond motifs is 1. The molecule has 2 aromatic heterocycles. The first-order chi connectivity index (χ1) is 13.2. The monoisotopic (exact) mass is 386 g/mol. The first kappa shape index (κ1) is 18.0. The third kappa shape index (κ3) is 4.29. The van der Waals surface area contributed by atoms with E-state index in [1.54, 1.807) is 7.11 Å². The van der Waals surface area contributed by atoms with Gasteiger partial charge in [-0.3, -0.25) is 9.69 Å². The summed E-state index contributed by atoms with van der Waals surface area (Å²) in [6, 6.07) is 5.79. The van der Waals surface area contributed by atoms with Crippen LogP contribution in [-0.2, 0) is 22.5 Å². The average Bonchev–Trinajstić information content (AvgIpc) is 3.29. The van der Waals surface area contributed by atoms with E-state index in [9.17, 15) is 4.79 Å². The molecule has 0 aliphatic carbocycles. The van der Waals surface area contributed by atoms with E-state index < -0.39 is 0 Å². The van der Waals surface area contributed by atoms with Crippen LogP contribution in [0.15, 0.2) is 29.8 Å². The third-order valence-corrected chi connectivity index (χ3v) is 5.42. The summed E-state index contributed by atoms with van der Waals surface area (Å²) in [6.45, 7) is 4.16. The lowest BCUT2D eigenvalue weighted by atomic mass is 10.1. The van der Waals surface area contributed by atoms with Crippen molar-refractivity contribution in [3.05, 3.63) is 41.0 Å². The third-order valence-electron chi connectivity index (χ3n) is 4.61. The predicted molar refractivity (Wildman–Crippen MR) is 105 cm³/mol. The first-order valence-electron chi connectivity index (χ1n) is 8.89. The average molecular weight is 386 g/mol. The Hall–Kier alpha value is -2.42. The molecule has 2 N–H and O–H groups in total. The van der Waals surface area contributed by atoms with Crippen molar-refractivity contribution in [2.24, 2.45) is 0 Å². The number of aromatic nitrogens is 2. The van der Waals surface area contributed by atoms with Gasteiger partial charge in [0.15, 0.2) is 5.13 Å². The molecule has 1 aromatic carbocycles.